The Hall–Kier alpha value is -3.32. The Labute approximate surface area is 126 Å². The third kappa shape index (κ3) is 2.48. The van der Waals surface area contributed by atoms with E-state index in [0.717, 1.165) is 0 Å². The lowest BCUT2D eigenvalue weighted by molar-refractivity contribution is 0.101. The molecular formula is C12H7N7O2S. The maximum absolute atomic E-state index is 12.0. The molecule has 3 aromatic rings. The number of aromatic nitrogens is 5. The van der Waals surface area contributed by atoms with E-state index in [0.29, 0.717) is 4.88 Å². The van der Waals surface area contributed by atoms with Gasteiger partial charge in [0, 0.05) is 0 Å². The first-order valence-electron chi connectivity index (χ1n) is 5.94. The van der Waals surface area contributed by atoms with E-state index >= 15 is 0 Å². The number of anilines is 1. The Morgan fingerprint density at radius 1 is 1.45 bits per heavy atom. The van der Waals surface area contributed by atoms with Crippen LogP contribution in [0.2, 0.25) is 0 Å². The van der Waals surface area contributed by atoms with Crippen molar-refractivity contribution in [3.8, 4) is 16.6 Å². The molecule has 0 aliphatic carbocycles. The van der Waals surface area contributed by atoms with Crippen molar-refractivity contribution in [2.24, 2.45) is 0 Å². The van der Waals surface area contributed by atoms with Gasteiger partial charge < -0.3 is 0 Å². The molecular weight excluding hydrogens is 306 g/mol. The maximum Gasteiger partial charge on any atom is 0.295 e. The number of hydrogen-bond donors (Lipinski definition) is 3. The monoisotopic (exact) mass is 313 g/mol. The average Bonchev–Trinajstić information content (AvgIpc) is 3.20. The smallest absolute Gasteiger partial charge is 0.291 e. The van der Waals surface area contributed by atoms with E-state index in [-0.39, 0.29) is 23.0 Å². The number of H-pyrrole nitrogens is 2. The first kappa shape index (κ1) is 13.7. The summed E-state index contributed by atoms with van der Waals surface area (Å²) in [5, 5.41) is 19.2. The van der Waals surface area contributed by atoms with Gasteiger partial charge in [0.25, 0.3) is 11.5 Å². The highest BCUT2D eigenvalue weighted by atomic mass is 32.1. The zero-order chi connectivity index (χ0) is 15.5. The standard InChI is InChI=1S/C12H7N7O2S/c13-4-6-8(7-2-1-3-22-7)16-12(17-10(6)20)18-11(21)9-14-5-15-19-9/h1-3,5H,(H,14,15,19)(H2,16,17,18,20,21). The lowest BCUT2D eigenvalue weighted by Crippen LogP contribution is -2.21. The summed E-state index contributed by atoms with van der Waals surface area (Å²) in [6.45, 7) is 0. The van der Waals surface area contributed by atoms with E-state index in [2.05, 4.69) is 30.5 Å². The number of hydrogen-bond acceptors (Lipinski definition) is 7. The minimum atomic E-state index is -0.631. The van der Waals surface area contributed by atoms with Crippen molar-refractivity contribution in [2.75, 3.05) is 5.32 Å². The average molecular weight is 313 g/mol. The van der Waals surface area contributed by atoms with Crippen molar-refractivity contribution in [3.63, 3.8) is 0 Å². The normalized spacial score (nSPS) is 10.1. The third-order valence-electron chi connectivity index (χ3n) is 2.65. The number of nitrogens with one attached hydrogen (secondary N) is 3. The third-order valence-corrected chi connectivity index (χ3v) is 3.52. The van der Waals surface area contributed by atoms with Crippen LogP contribution in [0.15, 0.2) is 28.6 Å². The van der Waals surface area contributed by atoms with Crippen molar-refractivity contribution in [1.82, 2.24) is 25.1 Å². The van der Waals surface area contributed by atoms with Gasteiger partial charge in [-0.3, -0.25) is 25.0 Å². The molecule has 0 aliphatic rings. The molecule has 108 valence electrons. The fourth-order valence-corrected chi connectivity index (χ4v) is 2.43. The molecule has 0 unspecified atom stereocenters. The largest absolute Gasteiger partial charge is 0.295 e. The van der Waals surface area contributed by atoms with Crippen molar-refractivity contribution < 1.29 is 4.79 Å². The predicted molar refractivity (Wildman–Crippen MR) is 77.2 cm³/mol. The molecule has 9 nitrogen and oxygen atoms in total. The molecule has 0 saturated heterocycles. The van der Waals surface area contributed by atoms with Gasteiger partial charge in [-0.25, -0.2) is 9.97 Å². The number of aromatic amines is 2. The van der Waals surface area contributed by atoms with Gasteiger partial charge in [0.05, 0.1) is 4.88 Å². The number of thiophene rings is 1. The van der Waals surface area contributed by atoms with Gasteiger partial charge >= 0.3 is 0 Å². The molecule has 3 aromatic heterocycles. The highest BCUT2D eigenvalue weighted by molar-refractivity contribution is 7.13. The van der Waals surface area contributed by atoms with Crippen LogP contribution < -0.4 is 10.9 Å². The fourth-order valence-electron chi connectivity index (χ4n) is 1.71. The van der Waals surface area contributed by atoms with E-state index in [1.54, 1.807) is 17.5 Å². The first-order chi connectivity index (χ1) is 10.7. The summed E-state index contributed by atoms with van der Waals surface area (Å²) in [6.07, 6.45) is 1.18. The molecule has 0 bridgehead atoms. The topological polar surface area (TPSA) is 140 Å². The molecule has 1 amide bonds. The summed E-state index contributed by atoms with van der Waals surface area (Å²) in [4.78, 5) is 34.6. The number of carbonyl (C=O) groups is 1. The summed E-state index contributed by atoms with van der Waals surface area (Å²) in [6, 6.07) is 5.33. The Kier molecular flexibility index (Phi) is 3.47. The zero-order valence-corrected chi connectivity index (χ0v) is 11.6. The van der Waals surface area contributed by atoms with Crippen LogP contribution in [0.25, 0.3) is 10.6 Å². The molecule has 3 rings (SSSR count). The van der Waals surface area contributed by atoms with E-state index in [1.165, 1.54) is 17.7 Å². The van der Waals surface area contributed by atoms with Gasteiger partial charge in [0.15, 0.2) is 0 Å². The highest BCUT2D eigenvalue weighted by Gasteiger charge is 2.16. The van der Waals surface area contributed by atoms with E-state index in [4.69, 9.17) is 5.26 Å². The van der Waals surface area contributed by atoms with Crippen LogP contribution >= 0.6 is 11.3 Å². The SMILES string of the molecule is N#Cc1c(-c2cccs2)nc(NC(=O)c2ncn[nH]2)[nH]c1=O. The molecule has 0 saturated carbocycles. The summed E-state index contributed by atoms with van der Waals surface area (Å²) < 4.78 is 0. The molecule has 22 heavy (non-hydrogen) atoms. The van der Waals surface area contributed by atoms with Gasteiger partial charge in [0.1, 0.15) is 23.7 Å². The van der Waals surface area contributed by atoms with Crippen molar-refractivity contribution >= 4 is 23.2 Å². The van der Waals surface area contributed by atoms with Gasteiger partial charge in [-0.15, -0.1) is 11.3 Å². The molecule has 3 N–H and O–H groups in total. The highest BCUT2D eigenvalue weighted by Crippen LogP contribution is 2.24. The second-order valence-corrected chi connectivity index (χ2v) is 4.96. The molecule has 0 radical (unpaired) electrons. The lowest BCUT2D eigenvalue weighted by Gasteiger charge is -2.05. The van der Waals surface area contributed by atoms with Crippen molar-refractivity contribution in [1.29, 1.82) is 5.26 Å². The number of amides is 1. The summed E-state index contributed by atoms with van der Waals surface area (Å²) >= 11 is 1.33. The van der Waals surface area contributed by atoms with Crippen molar-refractivity contribution in [3.05, 3.63) is 45.6 Å². The van der Waals surface area contributed by atoms with Crippen LogP contribution in [0.5, 0.6) is 0 Å². The Bertz CT molecular complexity index is 906. The van der Waals surface area contributed by atoms with Crippen molar-refractivity contribution in [2.45, 2.75) is 0 Å². The van der Waals surface area contributed by atoms with Crippen LogP contribution in [0.4, 0.5) is 5.95 Å². The Morgan fingerprint density at radius 2 is 2.32 bits per heavy atom. The Balaban J connectivity index is 2.02. The number of carbonyl (C=O) groups excluding carboxylic acids is 1. The van der Waals surface area contributed by atoms with E-state index < -0.39 is 11.5 Å². The quantitative estimate of drug-likeness (QED) is 0.651. The lowest BCUT2D eigenvalue weighted by atomic mass is 10.2. The first-order valence-corrected chi connectivity index (χ1v) is 6.82. The summed E-state index contributed by atoms with van der Waals surface area (Å²) in [5.41, 5.74) is -0.525. The fraction of sp³-hybridized carbons (Fsp3) is 0. The number of rotatable bonds is 3. The van der Waals surface area contributed by atoms with E-state index in [9.17, 15) is 9.59 Å². The molecule has 0 aromatic carbocycles. The van der Waals surface area contributed by atoms with Gasteiger partial charge in [0.2, 0.25) is 11.8 Å². The molecule has 0 atom stereocenters. The van der Waals surface area contributed by atoms with Gasteiger partial charge in [-0.2, -0.15) is 10.4 Å². The second kappa shape index (κ2) is 5.58. The van der Waals surface area contributed by atoms with Crippen LogP contribution in [0.3, 0.4) is 0 Å². The predicted octanol–water partition coefficient (Wildman–Crippen LogP) is 0.740. The molecule has 0 spiro atoms. The van der Waals surface area contributed by atoms with Crippen LogP contribution in [-0.2, 0) is 0 Å². The summed E-state index contributed by atoms with van der Waals surface area (Å²) in [5.74, 6) is -0.707. The molecule has 0 fully saturated rings. The summed E-state index contributed by atoms with van der Waals surface area (Å²) in [7, 11) is 0. The van der Waals surface area contributed by atoms with Gasteiger partial charge in [-0.1, -0.05) is 6.07 Å². The Morgan fingerprint density at radius 3 is 2.95 bits per heavy atom. The van der Waals surface area contributed by atoms with Gasteiger partial charge in [-0.05, 0) is 11.4 Å². The zero-order valence-electron chi connectivity index (χ0n) is 10.8. The second-order valence-electron chi connectivity index (χ2n) is 4.02. The molecule has 10 heteroatoms. The minimum Gasteiger partial charge on any atom is -0.291 e. The van der Waals surface area contributed by atoms with Crippen LogP contribution in [-0.4, -0.2) is 31.1 Å². The maximum atomic E-state index is 12.0. The van der Waals surface area contributed by atoms with Crippen LogP contribution in [0, 0.1) is 11.3 Å². The van der Waals surface area contributed by atoms with Crippen LogP contribution in [0.1, 0.15) is 16.2 Å². The molecule has 3 heterocycles. The number of nitriles is 1. The van der Waals surface area contributed by atoms with E-state index in [1.807, 2.05) is 6.07 Å². The number of nitrogens with zero attached hydrogens (tertiary/aromatic N) is 4. The molecule has 0 aliphatic heterocycles. The minimum absolute atomic E-state index is 0.0234.